The predicted molar refractivity (Wildman–Crippen MR) is 63.3 cm³/mol. The summed E-state index contributed by atoms with van der Waals surface area (Å²) in [6.07, 6.45) is 4.45. The number of rotatable bonds is 5. The van der Waals surface area contributed by atoms with Gasteiger partial charge in [0.1, 0.15) is 0 Å². The summed E-state index contributed by atoms with van der Waals surface area (Å²) in [6, 6.07) is 8.68. The number of nitrogens with zero attached hydrogens (tertiary/aromatic N) is 1. The Hall–Kier alpha value is -1.02. The molecule has 2 rings (SSSR count). The monoisotopic (exact) mass is 205 g/mol. The maximum Gasteiger partial charge on any atom is 0.0431 e. The molecule has 0 bridgehead atoms. The van der Waals surface area contributed by atoms with E-state index >= 15 is 0 Å². The van der Waals surface area contributed by atoms with Crippen molar-refractivity contribution >= 4 is 5.69 Å². The van der Waals surface area contributed by atoms with Crippen molar-refractivity contribution < 1.29 is 5.11 Å². The molecule has 1 aromatic carbocycles. The Morgan fingerprint density at radius 1 is 1.13 bits per heavy atom. The fraction of sp³-hybridized carbons (Fsp3) is 0.538. The molecule has 1 aromatic rings. The molecule has 0 atom stereocenters. The molecule has 1 N–H and O–H groups in total. The van der Waals surface area contributed by atoms with Crippen LogP contribution in [0, 0.1) is 0 Å². The van der Waals surface area contributed by atoms with E-state index in [-0.39, 0.29) is 0 Å². The SMILES string of the molecule is OCCCCCN1CCc2ccccc21. The van der Waals surface area contributed by atoms with Crippen molar-refractivity contribution in [2.24, 2.45) is 0 Å². The lowest BCUT2D eigenvalue weighted by Gasteiger charge is -2.18. The highest BCUT2D eigenvalue weighted by Crippen LogP contribution is 2.27. The van der Waals surface area contributed by atoms with Crippen LogP contribution in [-0.2, 0) is 6.42 Å². The molecule has 0 saturated carbocycles. The molecule has 0 aliphatic carbocycles. The van der Waals surface area contributed by atoms with Gasteiger partial charge in [-0.3, -0.25) is 0 Å². The van der Waals surface area contributed by atoms with Crippen molar-refractivity contribution in [2.45, 2.75) is 25.7 Å². The zero-order valence-corrected chi connectivity index (χ0v) is 9.15. The maximum absolute atomic E-state index is 8.70. The quantitative estimate of drug-likeness (QED) is 0.745. The van der Waals surface area contributed by atoms with Crippen molar-refractivity contribution in [1.82, 2.24) is 0 Å². The third-order valence-corrected chi connectivity index (χ3v) is 3.07. The summed E-state index contributed by atoms with van der Waals surface area (Å²) in [6.45, 7) is 2.63. The van der Waals surface area contributed by atoms with E-state index in [4.69, 9.17) is 5.11 Å². The molecule has 15 heavy (non-hydrogen) atoms. The second-order valence-corrected chi connectivity index (χ2v) is 4.15. The summed E-state index contributed by atoms with van der Waals surface area (Å²) in [5.74, 6) is 0. The number of anilines is 1. The zero-order valence-electron chi connectivity index (χ0n) is 9.15. The lowest BCUT2D eigenvalue weighted by Crippen LogP contribution is -2.21. The summed E-state index contributed by atoms with van der Waals surface area (Å²) >= 11 is 0. The van der Waals surface area contributed by atoms with Gasteiger partial charge in [-0.25, -0.2) is 0 Å². The van der Waals surface area contributed by atoms with Gasteiger partial charge in [-0.15, -0.1) is 0 Å². The first-order chi connectivity index (χ1) is 7.42. The second kappa shape index (κ2) is 5.17. The van der Waals surface area contributed by atoms with E-state index < -0.39 is 0 Å². The number of unbranched alkanes of at least 4 members (excludes halogenated alkanes) is 2. The van der Waals surface area contributed by atoms with Crippen LogP contribution in [0.2, 0.25) is 0 Å². The Kier molecular flexibility index (Phi) is 3.62. The number of hydrogen-bond acceptors (Lipinski definition) is 2. The van der Waals surface area contributed by atoms with E-state index in [0.29, 0.717) is 6.61 Å². The minimum Gasteiger partial charge on any atom is -0.396 e. The molecule has 0 aromatic heterocycles. The molecule has 82 valence electrons. The number of aliphatic hydroxyl groups excluding tert-OH is 1. The van der Waals surface area contributed by atoms with Gasteiger partial charge in [0.15, 0.2) is 0 Å². The molecule has 0 saturated heterocycles. The average Bonchev–Trinajstić information content (AvgIpc) is 2.68. The summed E-state index contributed by atoms with van der Waals surface area (Å²) in [5.41, 5.74) is 2.90. The van der Waals surface area contributed by atoms with Crippen LogP contribution in [0.1, 0.15) is 24.8 Å². The first kappa shape index (κ1) is 10.5. The lowest BCUT2D eigenvalue weighted by atomic mass is 10.2. The van der Waals surface area contributed by atoms with Crippen LogP contribution in [0.25, 0.3) is 0 Å². The normalized spacial score (nSPS) is 14.3. The third kappa shape index (κ3) is 2.51. The summed E-state index contributed by atoms with van der Waals surface area (Å²) < 4.78 is 0. The van der Waals surface area contributed by atoms with Crippen molar-refractivity contribution in [1.29, 1.82) is 0 Å². The first-order valence-corrected chi connectivity index (χ1v) is 5.85. The second-order valence-electron chi connectivity index (χ2n) is 4.15. The summed E-state index contributed by atoms with van der Waals surface area (Å²) in [5, 5.41) is 8.70. The zero-order chi connectivity index (χ0) is 10.5. The number of hydrogen-bond donors (Lipinski definition) is 1. The molecule has 1 aliphatic heterocycles. The van der Waals surface area contributed by atoms with Crippen molar-refractivity contribution in [3.8, 4) is 0 Å². The van der Waals surface area contributed by atoms with Crippen LogP contribution in [0.3, 0.4) is 0 Å². The molecule has 0 unspecified atom stereocenters. The van der Waals surface area contributed by atoms with Crippen LogP contribution < -0.4 is 4.90 Å². The number of fused-ring (bicyclic) bond motifs is 1. The minimum atomic E-state index is 0.330. The number of benzene rings is 1. The fourth-order valence-electron chi connectivity index (χ4n) is 2.23. The van der Waals surface area contributed by atoms with Gasteiger partial charge in [0.05, 0.1) is 0 Å². The van der Waals surface area contributed by atoms with Gasteiger partial charge in [0, 0.05) is 25.4 Å². The van der Waals surface area contributed by atoms with Gasteiger partial charge in [-0.05, 0) is 37.3 Å². The van der Waals surface area contributed by atoms with Crippen LogP contribution in [0.4, 0.5) is 5.69 Å². The standard InChI is InChI=1S/C13H19NO/c15-11-5-1-4-9-14-10-8-12-6-2-3-7-13(12)14/h2-3,6-7,15H,1,4-5,8-11H2. The molecule has 0 radical (unpaired) electrons. The van der Waals surface area contributed by atoms with Gasteiger partial charge >= 0.3 is 0 Å². The molecule has 0 fully saturated rings. The topological polar surface area (TPSA) is 23.5 Å². The van der Waals surface area contributed by atoms with E-state index in [0.717, 1.165) is 19.4 Å². The lowest BCUT2D eigenvalue weighted by molar-refractivity contribution is 0.283. The van der Waals surface area contributed by atoms with Crippen LogP contribution in [-0.4, -0.2) is 24.8 Å². The predicted octanol–water partition coefficient (Wildman–Crippen LogP) is 2.21. The molecule has 1 aliphatic rings. The van der Waals surface area contributed by atoms with Crippen molar-refractivity contribution in [2.75, 3.05) is 24.6 Å². The van der Waals surface area contributed by atoms with Crippen LogP contribution in [0.5, 0.6) is 0 Å². The van der Waals surface area contributed by atoms with Gasteiger partial charge in [0.2, 0.25) is 0 Å². The number of aliphatic hydroxyl groups is 1. The van der Waals surface area contributed by atoms with E-state index in [1.54, 1.807) is 0 Å². The molecular weight excluding hydrogens is 186 g/mol. The number of para-hydroxylation sites is 1. The van der Waals surface area contributed by atoms with E-state index in [9.17, 15) is 0 Å². The fourth-order valence-corrected chi connectivity index (χ4v) is 2.23. The summed E-state index contributed by atoms with van der Waals surface area (Å²) in [4.78, 5) is 2.46. The summed E-state index contributed by atoms with van der Waals surface area (Å²) in [7, 11) is 0. The Labute approximate surface area is 91.5 Å². The molecule has 0 spiro atoms. The van der Waals surface area contributed by atoms with E-state index in [1.165, 1.54) is 30.6 Å². The van der Waals surface area contributed by atoms with Gasteiger partial charge in [-0.2, -0.15) is 0 Å². The molecule has 2 nitrogen and oxygen atoms in total. The largest absolute Gasteiger partial charge is 0.396 e. The smallest absolute Gasteiger partial charge is 0.0431 e. The Morgan fingerprint density at radius 2 is 2.00 bits per heavy atom. The maximum atomic E-state index is 8.70. The highest BCUT2D eigenvalue weighted by Gasteiger charge is 2.16. The van der Waals surface area contributed by atoms with Crippen molar-refractivity contribution in [3.05, 3.63) is 29.8 Å². The van der Waals surface area contributed by atoms with Crippen LogP contribution >= 0.6 is 0 Å². The molecule has 1 heterocycles. The molecule has 0 amide bonds. The minimum absolute atomic E-state index is 0.330. The van der Waals surface area contributed by atoms with Gasteiger partial charge < -0.3 is 10.0 Å². The Bertz CT molecular complexity index is 311. The van der Waals surface area contributed by atoms with Gasteiger partial charge in [0.25, 0.3) is 0 Å². The average molecular weight is 205 g/mol. The van der Waals surface area contributed by atoms with Gasteiger partial charge in [-0.1, -0.05) is 18.2 Å². The van der Waals surface area contributed by atoms with E-state index in [2.05, 4.69) is 29.2 Å². The van der Waals surface area contributed by atoms with E-state index in [1.807, 2.05) is 0 Å². The Morgan fingerprint density at radius 3 is 2.87 bits per heavy atom. The highest BCUT2D eigenvalue weighted by atomic mass is 16.2. The first-order valence-electron chi connectivity index (χ1n) is 5.85. The van der Waals surface area contributed by atoms with Crippen LogP contribution in [0.15, 0.2) is 24.3 Å². The molecular formula is C13H19NO. The molecule has 2 heteroatoms. The third-order valence-electron chi connectivity index (χ3n) is 3.07. The van der Waals surface area contributed by atoms with Crippen molar-refractivity contribution in [3.63, 3.8) is 0 Å². The highest BCUT2D eigenvalue weighted by molar-refractivity contribution is 5.57. The Balaban J connectivity index is 1.85.